The van der Waals surface area contributed by atoms with Crippen LogP contribution in [0.15, 0.2) is 11.4 Å². The average Bonchev–Trinajstić information content (AvgIpc) is 2.83. The van der Waals surface area contributed by atoms with Gasteiger partial charge in [0, 0.05) is 42.6 Å². The maximum absolute atomic E-state index is 4.61. The van der Waals surface area contributed by atoms with Gasteiger partial charge in [0.05, 0.1) is 5.01 Å². The fourth-order valence-electron chi connectivity index (χ4n) is 1.82. The smallest absolute Gasteiger partial charge is 0.138 e. The number of anilines is 2. The molecule has 21 heavy (non-hydrogen) atoms. The Bertz CT molecular complexity index is 600. The number of hydrogen-bond acceptors (Lipinski definition) is 6. The topological polar surface area (TPSA) is 62.7 Å². The number of hydrogen-bond donors (Lipinski definition) is 2. The van der Waals surface area contributed by atoms with E-state index in [-0.39, 0.29) is 5.41 Å². The van der Waals surface area contributed by atoms with Gasteiger partial charge in [-0.1, -0.05) is 20.8 Å². The molecule has 114 valence electrons. The second-order valence-corrected chi connectivity index (χ2v) is 6.96. The van der Waals surface area contributed by atoms with Gasteiger partial charge in [-0.15, -0.1) is 11.3 Å². The van der Waals surface area contributed by atoms with Crippen LogP contribution in [-0.4, -0.2) is 28.5 Å². The summed E-state index contributed by atoms with van der Waals surface area (Å²) >= 11 is 1.70. The summed E-state index contributed by atoms with van der Waals surface area (Å²) in [5.74, 6) is 2.53. The van der Waals surface area contributed by atoms with Crippen LogP contribution in [0.2, 0.25) is 0 Å². The lowest BCUT2D eigenvalue weighted by Crippen LogP contribution is -2.18. The molecule has 0 aliphatic heterocycles. The van der Waals surface area contributed by atoms with Gasteiger partial charge in [-0.2, -0.15) is 0 Å². The van der Waals surface area contributed by atoms with Crippen LogP contribution < -0.4 is 10.6 Å². The van der Waals surface area contributed by atoms with E-state index in [1.54, 1.807) is 11.3 Å². The molecule has 0 aliphatic carbocycles. The molecule has 0 fully saturated rings. The summed E-state index contributed by atoms with van der Waals surface area (Å²) in [5, 5.41) is 9.69. The lowest BCUT2D eigenvalue weighted by Gasteiger charge is -2.18. The maximum atomic E-state index is 4.61. The van der Waals surface area contributed by atoms with Crippen molar-refractivity contribution >= 4 is 23.0 Å². The zero-order valence-electron chi connectivity index (χ0n) is 13.3. The summed E-state index contributed by atoms with van der Waals surface area (Å²) in [6.45, 7) is 9.18. The number of rotatable bonds is 5. The molecule has 2 aromatic rings. The van der Waals surface area contributed by atoms with Crippen LogP contribution in [0.4, 0.5) is 11.6 Å². The molecule has 0 aromatic carbocycles. The number of nitrogens with zero attached hydrogens (tertiary/aromatic N) is 3. The molecule has 5 nitrogen and oxygen atoms in total. The monoisotopic (exact) mass is 305 g/mol. The zero-order valence-corrected chi connectivity index (χ0v) is 14.1. The van der Waals surface area contributed by atoms with Crippen molar-refractivity contribution in [2.45, 2.75) is 39.5 Å². The predicted octanol–water partition coefficient (Wildman–Crippen LogP) is 3.24. The zero-order chi connectivity index (χ0) is 15.5. The highest BCUT2D eigenvalue weighted by atomic mass is 32.1. The van der Waals surface area contributed by atoms with Crippen molar-refractivity contribution < 1.29 is 0 Å². The van der Waals surface area contributed by atoms with Crippen LogP contribution in [-0.2, 0) is 11.8 Å². The molecule has 2 rings (SSSR count). The predicted molar refractivity (Wildman–Crippen MR) is 89.3 cm³/mol. The minimum atomic E-state index is -0.0737. The third-order valence-corrected chi connectivity index (χ3v) is 3.99. The molecule has 0 saturated heterocycles. The van der Waals surface area contributed by atoms with Gasteiger partial charge < -0.3 is 10.6 Å². The van der Waals surface area contributed by atoms with Gasteiger partial charge in [0.1, 0.15) is 17.5 Å². The van der Waals surface area contributed by atoms with Crippen LogP contribution in [0.1, 0.15) is 37.3 Å². The van der Waals surface area contributed by atoms with Crippen LogP contribution >= 0.6 is 11.3 Å². The van der Waals surface area contributed by atoms with Crippen LogP contribution in [0.25, 0.3) is 0 Å². The highest BCUT2D eigenvalue weighted by molar-refractivity contribution is 7.09. The van der Waals surface area contributed by atoms with Gasteiger partial charge in [-0.05, 0) is 6.92 Å². The first-order valence-electron chi connectivity index (χ1n) is 7.10. The second-order valence-electron chi connectivity index (χ2n) is 6.02. The van der Waals surface area contributed by atoms with Crippen molar-refractivity contribution in [2.75, 3.05) is 24.2 Å². The van der Waals surface area contributed by atoms with Gasteiger partial charge >= 0.3 is 0 Å². The van der Waals surface area contributed by atoms with Crippen molar-refractivity contribution in [1.82, 2.24) is 15.0 Å². The summed E-state index contributed by atoms with van der Waals surface area (Å²) in [6.07, 6.45) is 0.905. The molecule has 0 atom stereocenters. The summed E-state index contributed by atoms with van der Waals surface area (Å²) in [5.41, 5.74) is 1.01. The highest BCUT2D eigenvalue weighted by Gasteiger charge is 2.18. The molecule has 2 N–H and O–H groups in total. The highest BCUT2D eigenvalue weighted by Crippen LogP contribution is 2.22. The van der Waals surface area contributed by atoms with E-state index in [4.69, 9.17) is 0 Å². The van der Waals surface area contributed by atoms with Crippen molar-refractivity contribution in [2.24, 2.45) is 0 Å². The van der Waals surface area contributed by atoms with Crippen LogP contribution in [0.3, 0.4) is 0 Å². The Morgan fingerprint density at radius 3 is 2.43 bits per heavy atom. The number of thiazole rings is 1. The van der Waals surface area contributed by atoms with E-state index < -0.39 is 0 Å². The lowest BCUT2D eigenvalue weighted by atomic mass is 9.96. The van der Waals surface area contributed by atoms with E-state index in [0.717, 1.165) is 41.1 Å². The van der Waals surface area contributed by atoms with Crippen molar-refractivity contribution in [1.29, 1.82) is 0 Å². The van der Waals surface area contributed by atoms with Crippen molar-refractivity contribution in [3.05, 3.63) is 28.0 Å². The van der Waals surface area contributed by atoms with Crippen molar-refractivity contribution in [3.8, 4) is 0 Å². The van der Waals surface area contributed by atoms with Gasteiger partial charge in [0.25, 0.3) is 0 Å². The molecule has 2 heterocycles. The Kier molecular flexibility index (Phi) is 4.77. The Hall–Kier alpha value is -1.69. The van der Waals surface area contributed by atoms with E-state index in [1.807, 2.05) is 20.0 Å². The molecule has 0 amide bonds. The largest absolute Gasteiger partial charge is 0.373 e. The summed E-state index contributed by atoms with van der Waals surface area (Å²) in [6, 6.07) is 1.93. The molecule has 0 saturated carbocycles. The first kappa shape index (κ1) is 15.7. The Morgan fingerprint density at radius 2 is 1.86 bits per heavy atom. The normalized spacial score (nSPS) is 11.5. The first-order valence-corrected chi connectivity index (χ1v) is 7.98. The quantitative estimate of drug-likeness (QED) is 0.888. The van der Waals surface area contributed by atoms with E-state index in [0.29, 0.717) is 0 Å². The molecule has 6 heteroatoms. The average molecular weight is 305 g/mol. The number of nitrogens with one attached hydrogen (secondary N) is 2. The minimum Gasteiger partial charge on any atom is -0.373 e. The summed E-state index contributed by atoms with van der Waals surface area (Å²) in [4.78, 5) is 13.6. The summed E-state index contributed by atoms with van der Waals surface area (Å²) < 4.78 is 0. The third-order valence-electron chi connectivity index (χ3n) is 2.96. The van der Waals surface area contributed by atoms with Gasteiger partial charge in [-0.3, -0.25) is 0 Å². The fraction of sp³-hybridized carbons (Fsp3) is 0.533. The van der Waals surface area contributed by atoms with Crippen LogP contribution in [0, 0.1) is 6.92 Å². The number of aromatic nitrogens is 3. The molecule has 2 aromatic heterocycles. The fourth-order valence-corrected chi connectivity index (χ4v) is 2.59. The molecular weight excluding hydrogens is 282 g/mol. The maximum Gasteiger partial charge on any atom is 0.138 e. The Balaban J connectivity index is 2.05. The third kappa shape index (κ3) is 4.39. The Morgan fingerprint density at radius 1 is 1.14 bits per heavy atom. The Labute approximate surface area is 130 Å². The van der Waals surface area contributed by atoms with E-state index in [2.05, 4.69) is 51.7 Å². The van der Waals surface area contributed by atoms with E-state index in [1.165, 1.54) is 0 Å². The minimum absolute atomic E-state index is 0.0737. The SMILES string of the molecule is CNc1cc(NCCc2nc(C)cs2)nc(C(C)(C)C)n1. The molecule has 0 bridgehead atoms. The second kappa shape index (κ2) is 6.39. The van der Waals surface area contributed by atoms with E-state index >= 15 is 0 Å². The van der Waals surface area contributed by atoms with Gasteiger partial charge in [-0.25, -0.2) is 15.0 Å². The van der Waals surface area contributed by atoms with Gasteiger partial charge in [0.15, 0.2) is 0 Å². The molecular formula is C15H23N5S. The molecule has 0 aliphatic rings. The lowest BCUT2D eigenvalue weighted by molar-refractivity contribution is 0.546. The van der Waals surface area contributed by atoms with E-state index in [9.17, 15) is 0 Å². The first-order chi connectivity index (χ1) is 9.88. The van der Waals surface area contributed by atoms with Crippen LogP contribution in [0.5, 0.6) is 0 Å². The molecule has 0 spiro atoms. The molecule has 0 radical (unpaired) electrons. The van der Waals surface area contributed by atoms with Gasteiger partial charge in [0.2, 0.25) is 0 Å². The number of aryl methyl sites for hydroxylation is 1. The van der Waals surface area contributed by atoms with Crippen molar-refractivity contribution in [3.63, 3.8) is 0 Å². The standard InChI is InChI=1S/C15H23N5S/c1-10-9-21-13(18-10)6-7-17-12-8-11(16-5)19-14(20-12)15(2,3)4/h8-9H,6-7H2,1-5H3,(H2,16,17,19,20). The summed E-state index contributed by atoms with van der Waals surface area (Å²) in [7, 11) is 1.87. The molecule has 0 unspecified atom stereocenters.